The molecule has 0 fully saturated rings. The molecule has 2 aromatic rings. The second-order valence-electron chi connectivity index (χ2n) is 2.99. The summed E-state index contributed by atoms with van der Waals surface area (Å²) in [5.74, 6) is 0. The van der Waals surface area contributed by atoms with Gasteiger partial charge >= 0.3 is 0 Å². The van der Waals surface area contributed by atoms with Gasteiger partial charge in [0.15, 0.2) is 0 Å². The molecule has 1 heterocycles. The van der Waals surface area contributed by atoms with Crippen molar-refractivity contribution in [3.63, 3.8) is 0 Å². The van der Waals surface area contributed by atoms with E-state index in [-0.39, 0.29) is 0 Å². The Morgan fingerprint density at radius 1 is 1.27 bits per heavy atom. The third-order valence-corrected chi connectivity index (χ3v) is 2.40. The van der Waals surface area contributed by atoms with E-state index in [1.165, 1.54) is 11.5 Å². The van der Waals surface area contributed by atoms with Crippen LogP contribution in [0.1, 0.15) is 11.3 Å². The van der Waals surface area contributed by atoms with Crippen LogP contribution in [0.25, 0.3) is 0 Å². The summed E-state index contributed by atoms with van der Waals surface area (Å²) in [5, 5.41) is 5.77. The van der Waals surface area contributed by atoms with Gasteiger partial charge in [-0.3, -0.25) is 4.84 Å². The Bertz CT molecular complexity index is 377. The molecule has 1 aromatic carbocycles. The van der Waals surface area contributed by atoms with Gasteiger partial charge in [0.1, 0.15) is 0 Å². The molecule has 0 saturated heterocycles. The van der Waals surface area contributed by atoms with Crippen LogP contribution in [0.2, 0.25) is 0 Å². The summed E-state index contributed by atoms with van der Waals surface area (Å²) in [4.78, 5) is 5.28. The lowest BCUT2D eigenvalue weighted by atomic mass is 10.2. The molecule has 0 atom stereocenters. The molecule has 78 valence electrons. The van der Waals surface area contributed by atoms with Crippen molar-refractivity contribution in [1.29, 1.82) is 0 Å². The number of benzene rings is 1. The van der Waals surface area contributed by atoms with Crippen LogP contribution < -0.4 is 5.48 Å². The standard InChI is InChI=1S/C10H11N3OS/c1-2-4-9(5-3-1)7-14-11-6-10-8-15-13-12-10/h1-5,8,11H,6-7H2. The minimum absolute atomic E-state index is 0.554. The number of hydrogen-bond donors (Lipinski definition) is 1. The van der Waals surface area contributed by atoms with Crippen molar-refractivity contribution in [2.75, 3.05) is 0 Å². The van der Waals surface area contributed by atoms with Crippen LogP contribution >= 0.6 is 11.5 Å². The Morgan fingerprint density at radius 3 is 2.87 bits per heavy atom. The monoisotopic (exact) mass is 221 g/mol. The molecule has 0 bridgehead atoms. The van der Waals surface area contributed by atoms with E-state index in [0.29, 0.717) is 13.2 Å². The SMILES string of the molecule is c1ccc(CONCc2csnn2)cc1. The number of hydrogen-bond acceptors (Lipinski definition) is 5. The van der Waals surface area contributed by atoms with Gasteiger partial charge in [0.2, 0.25) is 0 Å². The number of nitrogens with one attached hydrogen (secondary N) is 1. The quantitative estimate of drug-likeness (QED) is 0.617. The van der Waals surface area contributed by atoms with Gasteiger partial charge in [-0.2, -0.15) is 5.48 Å². The van der Waals surface area contributed by atoms with Gasteiger partial charge in [-0.15, -0.1) is 5.10 Å². The van der Waals surface area contributed by atoms with Crippen LogP contribution in [0.15, 0.2) is 35.7 Å². The molecule has 2 rings (SSSR count). The van der Waals surface area contributed by atoms with E-state index in [2.05, 4.69) is 15.1 Å². The van der Waals surface area contributed by atoms with Gasteiger partial charge in [-0.1, -0.05) is 34.8 Å². The maximum atomic E-state index is 5.28. The third kappa shape index (κ3) is 3.39. The van der Waals surface area contributed by atoms with Gasteiger partial charge in [0.05, 0.1) is 18.8 Å². The van der Waals surface area contributed by atoms with Gasteiger partial charge in [-0.05, 0) is 17.1 Å². The van der Waals surface area contributed by atoms with E-state index < -0.39 is 0 Å². The van der Waals surface area contributed by atoms with E-state index in [1.54, 1.807) is 0 Å². The van der Waals surface area contributed by atoms with E-state index in [1.807, 2.05) is 35.7 Å². The Balaban J connectivity index is 1.68. The fourth-order valence-corrected chi connectivity index (χ4v) is 1.55. The Morgan fingerprint density at radius 2 is 2.13 bits per heavy atom. The van der Waals surface area contributed by atoms with Crippen molar-refractivity contribution in [2.45, 2.75) is 13.2 Å². The van der Waals surface area contributed by atoms with Crippen LogP contribution in [0, 0.1) is 0 Å². The second-order valence-corrected chi connectivity index (χ2v) is 3.60. The average Bonchev–Trinajstić information content (AvgIpc) is 2.79. The van der Waals surface area contributed by atoms with Gasteiger partial charge in [0, 0.05) is 5.38 Å². The summed E-state index contributed by atoms with van der Waals surface area (Å²) < 4.78 is 3.76. The third-order valence-electron chi connectivity index (χ3n) is 1.84. The summed E-state index contributed by atoms with van der Waals surface area (Å²) in [7, 11) is 0. The fraction of sp³-hybridized carbons (Fsp3) is 0.200. The first-order valence-electron chi connectivity index (χ1n) is 4.59. The molecule has 1 aromatic heterocycles. The highest BCUT2D eigenvalue weighted by atomic mass is 32.1. The molecular formula is C10H11N3OS. The van der Waals surface area contributed by atoms with Crippen LogP contribution in [0.4, 0.5) is 0 Å². The number of nitrogens with zero attached hydrogens (tertiary/aromatic N) is 2. The second kappa shape index (κ2) is 5.55. The number of rotatable bonds is 5. The predicted molar refractivity (Wildman–Crippen MR) is 58.0 cm³/mol. The fourth-order valence-electron chi connectivity index (χ4n) is 1.09. The molecule has 5 heteroatoms. The Labute approximate surface area is 92.0 Å². The molecule has 0 amide bonds. The maximum absolute atomic E-state index is 5.28. The molecule has 0 aliphatic carbocycles. The van der Waals surface area contributed by atoms with E-state index in [4.69, 9.17) is 4.84 Å². The number of aromatic nitrogens is 2. The Kier molecular flexibility index (Phi) is 3.78. The molecule has 0 radical (unpaired) electrons. The summed E-state index contributed by atoms with van der Waals surface area (Å²) in [6, 6.07) is 10.0. The molecule has 15 heavy (non-hydrogen) atoms. The minimum Gasteiger partial charge on any atom is -0.297 e. The zero-order chi connectivity index (χ0) is 10.3. The Hall–Kier alpha value is -1.30. The minimum atomic E-state index is 0.554. The van der Waals surface area contributed by atoms with Gasteiger partial charge < -0.3 is 0 Å². The molecule has 0 aliphatic rings. The lowest BCUT2D eigenvalue weighted by molar-refractivity contribution is 0.0228. The molecule has 4 nitrogen and oxygen atoms in total. The predicted octanol–water partition coefficient (Wildman–Crippen LogP) is 1.76. The molecule has 0 saturated carbocycles. The first-order chi connectivity index (χ1) is 7.45. The lowest BCUT2D eigenvalue weighted by Crippen LogP contribution is -2.14. The van der Waals surface area contributed by atoms with Crippen LogP contribution in [-0.2, 0) is 18.0 Å². The van der Waals surface area contributed by atoms with Crippen molar-refractivity contribution in [2.24, 2.45) is 0 Å². The maximum Gasteiger partial charge on any atom is 0.0933 e. The van der Waals surface area contributed by atoms with E-state index >= 15 is 0 Å². The highest BCUT2D eigenvalue weighted by molar-refractivity contribution is 7.03. The van der Waals surface area contributed by atoms with E-state index in [9.17, 15) is 0 Å². The topological polar surface area (TPSA) is 47.0 Å². The van der Waals surface area contributed by atoms with Crippen LogP contribution in [-0.4, -0.2) is 9.59 Å². The number of hydroxylamine groups is 1. The van der Waals surface area contributed by atoms with Crippen molar-refractivity contribution in [3.8, 4) is 0 Å². The molecule has 0 aliphatic heterocycles. The normalized spacial score (nSPS) is 10.4. The highest BCUT2D eigenvalue weighted by Crippen LogP contribution is 2.00. The van der Waals surface area contributed by atoms with Crippen molar-refractivity contribution in [1.82, 2.24) is 15.1 Å². The van der Waals surface area contributed by atoms with Gasteiger partial charge in [-0.25, -0.2) is 0 Å². The zero-order valence-electron chi connectivity index (χ0n) is 8.09. The summed E-state index contributed by atoms with van der Waals surface area (Å²) in [5.41, 5.74) is 4.88. The van der Waals surface area contributed by atoms with Crippen molar-refractivity contribution in [3.05, 3.63) is 47.0 Å². The first-order valence-corrected chi connectivity index (χ1v) is 5.43. The highest BCUT2D eigenvalue weighted by Gasteiger charge is 1.95. The average molecular weight is 221 g/mol. The molecule has 0 spiro atoms. The summed E-state index contributed by atoms with van der Waals surface area (Å²) in [6.45, 7) is 1.14. The van der Waals surface area contributed by atoms with Crippen molar-refractivity contribution < 1.29 is 4.84 Å². The first kappa shape index (κ1) is 10.2. The van der Waals surface area contributed by atoms with Gasteiger partial charge in [0.25, 0.3) is 0 Å². The largest absolute Gasteiger partial charge is 0.297 e. The van der Waals surface area contributed by atoms with Crippen LogP contribution in [0.3, 0.4) is 0 Å². The molecule has 1 N–H and O–H groups in total. The lowest BCUT2D eigenvalue weighted by Gasteiger charge is -2.03. The molecular weight excluding hydrogens is 210 g/mol. The zero-order valence-corrected chi connectivity index (χ0v) is 8.91. The van der Waals surface area contributed by atoms with E-state index in [0.717, 1.165) is 11.3 Å². The summed E-state index contributed by atoms with van der Waals surface area (Å²) in [6.07, 6.45) is 0. The smallest absolute Gasteiger partial charge is 0.0933 e. The molecule has 0 unspecified atom stereocenters. The van der Waals surface area contributed by atoms with Crippen LogP contribution in [0.5, 0.6) is 0 Å². The van der Waals surface area contributed by atoms with Crippen molar-refractivity contribution >= 4 is 11.5 Å². The summed E-state index contributed by atoms with van der Waals surface area (Å²) >= 11 is 1.34.